The fourth-order valence-corrected chi connectivity index (χ4v) is 4.87. The molecule has 0 unspecified atom stereocenters. The lowest BCUT2D eigenvalue weighted by molar-refractivity contribution is 0.287. The third kappa shape index (κ3) is 2.89. The number of fused-ring (bicyclic) bond motifs is 5. The van der Waals surface area contributed by atoms with E-state index in [-0.39, 0.29) is 12.4 Å². The summed E-state index contributed by atoms with van der Waals surface area (Å²) in [6.45, 7) is 0.666. The van der Waals surface area contributed by atoms with Crippen molar-refractivity contribution in [3.8, 4) is 17.2 Å². The van der Waals surface area contributed by atoms with Gasteiger partial charge in [-0.25, -0.2) is 4.79 Å². The molecule has 0 amide bonds. The summed E-state index contributed by atoms with van der Waals surface area (Å²) in [7, 11) is 3.13. The molecule has 0 fully saturated rings. The van der Waals surface area contributed by atoms with Crippen molar-refractivity contribution in [1.29, 1.82) is 0 Å². The molecule has 0 bridgehead atoms. The Morgan fingerprint density at radius 2 is 1.73 bits per heavy atom. The molecule has 6 nitrogen and oxygen atoms in total. The molecule has 2 aromatic carbocycles. The first kappa shape index (κ1) is 19.4. The predicted octanol–water partition coefficient (Wildman–Crippen LogP) is 4.96. The maximum Gasteiger partial charge on any atom is 0.339 e. The van der Waals surface area contributed by atoms with Gasteiger partial charge in [-0.05, 0) is 37.0 Å². The standard InChI is InChI=1S/C22H19Cl2NO5/c1-27-18-8-19(28-2)17(7-15(18)23)25-9-14-20-13(6-16(24)21(14)29-10-25)11-4-3-5-12(11)22(26)30-20/h6-8H,3-5,9-10H2,1-2H3. The number of aryl methyl sites for hydroxylation is 1. The van der Waals surface area contributed by atoms with Gasteiger partial charge in [-0.1, -0.05) is 23.2 Å². The quantitative estimate of drug-likeness (QED) is 0.528. The van der Waals surface area contributed by atoms with E-state index in [1.54, 1.807) is 26.4 Å². The molecule has 2 heterocycles. The van der Waals surface area contributed by atoms with Gasteiger partial charge in [0.25, 0.3) is 0 Å². The fraction of sp³-hybridized carbons (Fsp3) is 0.318. The average Bonchev–Trinajstić information content (AvgIpc) is 3.25. The van der Waals surface area contributed by atoms with Crippen LogP contribution >= 0.6 is 23.2 Å². The number of anilines is 1. The van der Waals surface area contributed by atoms with Crippen LogP contribution in [0.5, 0.6) is 17.2 Å². The molecule has 2 aliphatic rings. The molecule has 156 valence electrons. The van der Waals surface area contributed by atoms with E-state index in [4.69, 9.17) is 41.8 Å². The van der Waals surface area contributed by atoms with Crippen molar-refractivity contribution < 1.29 is 18.6 Å². The summed E-state index contributed by atoms with van der Waals surface area (Å²) in [5.41, 5.74) is 3.53. The van der Waals surface area contributed by atoms with E-state index in [1.165, 1.54) is 0 Å². The normalized spacial score (nSPS) is 15.0. The molecule has 0 spiro atoms. The number of nitrogens with zero attached hydrogens (tertiary/aromatic N) is 1. The highest BCUT2D eigenvalue weighted by atomic mass is 35.5. The Labute approximate surface area is 182 Å². The van der Waals surface area contributed by atoms with E-state index in [0.717, 1.165) is 47.0 Å². The first-order valence-corrected chi connectivity index (χ1v) is 10.4. The number of hydrogen-bond acceptors (Lipinski definition) is 6. The fourth-order valence-electron chi connectivity index (χ4n) is 4.35. The molecule has 5 rings (SSSR count). The largest absolute Gasteiger partial charge is 0.495 e. The lowest BCUT2D eigenvalue weighted by atomic mass is 10.0. The SMILES string of the molecule is COc1cc(OC)c(N2COc3c(Cl)cc4c5c(c(=O)oc4c3C2)CCC5)cc1Cl. The number of hydrogen-bond donors (Lipinski definition) is 0. The molecule has 1 aliphatic heterocycles. The van der Waals surface area contributed by atoms with Crippen molar-refractivity contribution in [3.05, 3.63) is 55.4 Å². The van der Waals surface area contributed by atoms with Crippen LogP contribution in [0.15, 0.2) is 27.4 Å². The zero-order chi connectivity index (χ0) is 21.0. The summed E-state index contributed by atoms with van der Waals surface area (Å²) >= 11 is 12.9. The van der Waals surface area contributed by atoms with Gasteiger partial charge >= 0.3 is 5.63 Å². The summed E-state index contributed by atoms with van der Waals surface area (Å²) < 4.78 is 22.6. The summed E-state index contributed by atoms with van der Waals surface area (Å²) in [4.78, 5) is 14.5. The molecule has 1 aromatic heterocycles. The molecule has 1 aliphatic carbocycles. The zero-order valence-electron chi connectivity index (χ0n) is 16.5. The van der Waals surface area contributed by atoms with Crippen LogP contribution in [0, 0.1) is 0 Å². The minimum absolute atomic E-state index is 0.242. The zero-order valence-corrected chi connectivity index (χ0v) is 18.0. The number of halogens is 2. The Balaban J connectivity index is 1.66. The van der Waals surface area contributed by atoms with Gasteiger partial charge < -0.3 is 23.5 Å². The first-order valence-electron chi connectivity index (χ1n) is 9.61. The highest BCUT2D eigenvalue weighted by molar-refractivity contribution is 6.33. The maximum absolute atomic E-state index is 12.6. The molecule has 8 heteroatoms. The predicted molar refractivity (Wildman–Crippen MR) is 116 cm³/mol. The number of rotatable bonds is 3. The van der Waals surface area contributed by atoms with Crippen LogP contribution in [0.1, 0.15) is 23.1 Å². The van der Waals surface area contributed by atoms with Gasteiger partial charge in [-0.2, -0.15) is 0 Å². The van der Waals surface area contributed by atoms with Crippen molar-refractivity contribution in [3.63, 3.8) is 0 Å². The molecule has 3 aromatic rings. The first-order chi connectivity index (χ1) is 14.5. The van der Waals surface area contributed by atoms with Gasteiger partial charge in [0.1, 0.15) is 22.8 Å². The summed E-state index contributed by atoms with van der Waals surface area (Å²) in [6, 6.07) is 5.35. The van der Waals surface area contributed by atoms with E-state index in [1.807, 2.05) is 11.0 Å². The average molecular weight is 448 g/mol. The summed E-state index contributed by atoms with van der Waals surface area (Å²) in [5.74, 6) is 1.66. The van der Waals surface area contributed by atoms with E-state index >= 15 is 0 Å². The van der Waals surface area contributed by atoms with E-state index in [0.29, 0.717) is 39.4 Å². The third-order valence-corrected chi connectivity index (χ3v) is 6.35. The number of benzene rings is 2. The molecular weight excluding hydrogens is 429 g/mol. The van der Waals surface area contributed by atoms with E-state index in [9.17, 15) is 4.79 Å². The monoisotopic (exact) mass is 447 g/mol. The summed E-state index contributed by atoms with van der Waals surface area (Å²) in [5, 5.41) is 1.86. The van der Waals surface area contributed by atoms with Crippen molar-refractivity contribution >= 4 is 39.9 Å². The molecule has 0 saturated carbocycles. The highest BCUT2D eigenvalue weighted by Crippen LogP contribution is 2.44. The van der Waals surface area contributed by atoms with Crippen molar-refractivity contribution in [2.45, 2.75) is 25.8 Å². The van der Waals surface area contributed by atoms with E-state index in [2.05, 4.69) is 0 Å². The Kier molecular flexibility index (Phi) is 4.71. The van der Waals surface area contributed by atoms with Crippen LogP contribution in [-0.2, 0) is 19.4 Å². The van der Waals surface area contributed by atoms with Crippen LogP contribution in [0.4, 0.5) is 5.69 Å². The minimum atomic E-state index is -0.276. The smallest absolute Gasteiger partial charge is 0.339 e. The van der Waals surface area contributed by atoms with Gasteiger partial charge in [-0.3, -0.25) is 0 Å². The van der Waals surface area contributed by atoms with Crippen LogP contribution < -0.4 is 24.7 Å². The molecule has 30 heavy (non-hydrogen) atoms. The van der Waals surface area contributed by atoms with Gasteiger partial charge in [0.05, 0.1) is 42.1 Å². The van der Waals surface area contributed by atoms with Crippen molar-refractivity contribution in [2.24, 2.45) is 0 Å². The highest BCUT2D eigenvalue weighted by Gasteiger charge is 2.29. The van der Waals surface area contributed by atoms with Gasteiger partial charge in [-0.15, -0.1) is 0 Å². The van der Waals surface area contributed by atoms with Crippen LogP contribution in [0.25, 0.3) is 11.0 Å². The van der Waals surface area contributed by atoms with Crippen molar-refractivity contribution in [2.75, 3.05) is 25.9 Å². The molecule has 0 saturated heterocycles. The Hall–Kier alpha value is -2.57. The topological polar surface area (TPSA) is 61.1 Å². The maximum atomic E-state index is 12.6. The van der Waals surface area contributed by atoms with Gasteiger partial charge in [0, 0.05) is 17.0 Å². The second kappa shape index (κ2) is 7.29. The Morgan fingerprint density at radius 1 is 0.967 bits per heavy atom. The molecule has 0 N–H and O–H groups in total. The number of ether oxygens (including phenoxy) is 3. The Bertz CT molecular complexity index is 1240. The minimum Gasteiger partial charge on any atom is -0.495 e. The van der Waals surface area contributed by atoms with Gasteiger partial charge in [0.15, 0.2) is 6.73 Å². The molecule has 0 radical (unpaired) electrons. The van der Waals surface area contributed by atoms with Crippen LogP contribution in [0.3, 0.4) is 0 Å². The second-order valence-electron chi connectivity index (χ2n) is 7.37. The van der Waals surface area contributed by atoms with Crippen molar-refractivity contribution in [1.82, 2.24) is 0 Å². The third-order valence-electron chi connectivity index (χ3n) is 5.77. The molecule has 0 atom stereocenters. The lowest BCUT2D eigenvalue weighted by Gasteiger charge is -2.32. The second-order valence-corrected chi connectivity index (χ2v) is 8.19. The summed E-state index contributed by atoms with van der Waals surface area (Å²) in [6.07, 6.45) is 2.53. The molecular formula is C22H19Cl2NO5. The lowest BCUT2D eigenvalue weighted by Crippen LogP contribution is -2.32. The van der Waals surface area contributed by atoms with Crippen LogP contribution in [-0.4, -0.2) is 21.0 Å². The van der Waals surface area contributed by atoms with Crippen LogP contribution in [0.2, 0.25) is 10.0 Å². The number of methoxy groups -OCH3 is 2. The Morgan fingerprint density at radius 3 is 2.50 bits per heavy atom. The van der Waals surface area contributed by atoms with Gasteiger partial charge in [0.2, 0.25) is 0 Å². The van der Waals surface area contributed by atoms with E-state index < -0.39 is 0 Å².